The average Bonchev–Trinajstić information content (AvgIpc) is 3.45. The number of fused-ring (bicyclic) bond motifs is 5. The number of hydrogen-bond acceptors (Lipinski definition) is 6. The van der Waals surface area contributed by atoms with Crippen LogP contribution in [0.5, 0.6) is 11.6 Å². The molecule has 0 spiro atoms. The normalized spacial score (nSPS) is 21.2. The van der Waals surface area contributed by atoms with Gasteiger partial charge in [0.05, 0.1) is 0 Å². The summed E-state index contributed by atoms with van der Waals surface area (Å²) in [6.45, 7) is 19.9. The third-order valence-corrected chi connectivity index (χ3v) is 11.2. The number of hydrogen-bond donors (Lipinski definition) is 0. The van der Waals surface area contributed by atoms with Crippen LogP contribution in [0.1, 0.15) is 93.0 Å². The van der Waals surface area contributed by atoms with Gasteiger partial charge in [-0.25, -0.2) is 9.97 Å². The van der Waals surface area contributed by atoms with E-state index in [2.05, 4.69) is 139 Å². The molecule has 2 aromatic heterocycles. The first-order valence-corrected chi connectivity index (χ1v) is 17.1. The molecule has 0 bridgehead atoms. The van der Waals surface area contributed by atoms with Crippen molar-refractivity contribution in [2.75, 3.05) is 4.90 Å². The monoisotopic (exact) mass is 841 g/mol. The van der Waals surface area contributed by atoms with Gasteiger partial charge in [-0.3, -0.25) is 4.99 Å². The van der Waals surface area contributed by atoms with Crippen molar-refractivity contribution in [3.8, 4) is 11.6 Å². The van der Waals surface area contributed by atoms with E-state index >= 15 is 0 Å². The van der Waals surface area contributed by atoms with Crippen LogP contribution >= 0.6 is 0 Å². The van der Waals surface area contributed by atoms with Crippen LogP contribution in [0.4, 0.5) is 17.2 Å². The van der Waals surface area contributed by atoms with Gasteiger partial charge < -0.3 is 14.4 Å². The largest absolute Gasteiger partial charge is 2.00 e. The first-order valence-electron chi connectivity index (χ1n) is 17.1. The van der Waals surface area contributed by atoms with Crippen LogP contribution in [0.3, 0.4) is 0 Å². The predicted octanol–water partition coefficient (Wildman–Crippen LogP) is 9.90. The number of para-hydroxylation sites is 1. The van der Waals surface area contributed by atoms with E-state index in [-0.39, 0.29) is 31.9 Å². The number of benzene rings is 3. The maximum atomic E-state index is 6.69. The number of nitrogens with zero attached hydrogens (tertiary/aromatic N) is 4. The molecule has 256 valence electrons. The summed E-state index contributed by atoms with van der Waals surface area (Å²) in [5.41, 5.74) is 10.2. The number of aliphatic imine (C=N–C) groups is 1. The molecule has 5 aromatic rings. The Kier molecular flexibility index (Phi) is 7.95. The second-order valence-electron chi connectivity index (χ2n) is 15.6. The fraction of sp³-hybridized carbons (Fsp3) is 0.326. The fourth-order valence-corrected chi connectivity index (χ4v) is 7.78. The maximum absolute atomic E-state index is 6.69. The molecule has 3 aromatic carbocycles. The van der Waals surface area contributed by atoms with E-state index < -0.39 is 11.1 Å². The Balaban J connectivity index is 0.00000392. The predicted molar refractivity (Wildman–Crippen MR) is 195 cm³/mol. The van der Waals surface area contributed by atoms with Crippen LogP contribution < -0.4 is 9.64 Å². The Morgan fingerprint density at radius 3 is 2.36 bits per heavy atom. The molecular formula is C43H42N4O2Pt. The number of pyridine rings is 2. The number of anilines is 3. The molecule has 2 aliphatic heterocycles. The SMILES string of the molecule is Cc1ccc2c(c1C)C[C@]1(C)OC(c3[c-]c(Oc4[c-]c5c(cc4)C(C)(C)c4ccccc4N5c4cc(C(C)(C)C)ccn4)ncc3)=N[C@]21C.[Pt+2]. The molecule has 50 heavy (non-hydrogen) atoms. The van der Waals surface area contributed by atoms with Gasteiger partial charge in [-0.1, -0.05) is 70.6 Å². The zero-order valence-corrected chi connectivity index (χ0v) is 32.4. The van der Waals surface area contributed by atoms with Crippen LogP contribution in [0.15, 0.2) is 84.1 Å². The Bertz CT molecular complexity index is 2200. The summed E-state index contributed by atoms with van der Waals surface area (Å²) >= 11 is 0. The molecule has 2 atom stereocenters. The standard InChI is InChI=1S/C43H42N4O2.Pt/c1-26-14-16-32-31(27(26)2)25-42(8)43(32,9)46-39(49-42)28-18-20-45-38(22-28)48-30-15-17-34-36(24-30)47(35-13-11-10-12-33(35)41(34,6)7)37-23-29(19-21-44-37)40(3,4)5;/h10-21,23H,25H2,1-9H3;/q-2;+2/t42-,43+;/m0./s1. The molecule has 0 radical (unpaired) electrons. The first kappa shape index (κ1) is 34.2. The second kappa shape index (κ2) is 11.6. The quantitative estimate of drug-likeness (QED) is 0.169. The molecule has 1 aliphatic carbocycles. The molecule has 8 rings (SSSR count). The minimum atomic E-state index is -0.495. The molecule has 4 heterocycles. The molecule has 0 amide bonds. The maximum Gasteiger partial charge on any atom is 2.00 e. The summed E-state index contributed by atoms with van der Waals surface area (Å²) < 4.78 is 13.1. The molecule has 6 nitrogen and oxygen atoms in total. The van der Waals surface area contributed by atoms with E-state index in [4.69, 9.17) is 19.5 Å². The van der Waals surface area contributed by atoms with Gasteiger partial charge in [0.25, 0.3) is 0 Å². The topological polar surface area (TPSA) is 59.8 Å². The summed E-state index contributed by atoms with van der Waals surface area (Å²) in [5, 5.41) is 0. The molecule has 0 saturated heterocycles. The zero-order valence-electron chi connectivity index (χ0n) is 30.1. The fourth-order valence-electron chi connectivity index (χ4n) is 7.78. The van der Waals surface area contributed by atoms with E-state index in [1.807, 2.05) is 18.3 Å². The van der Waals surface area contributed by atoms with Crippen molar-refractivity contribution in [3.63, 3.8) is 0 Å². The van der Waals surface area contributed by atoms with Crippen molar-refractivity contribution >= 4 is 23.1 Å². The Hall–Kier alpha value is -4.28. The third-order valence-electron chi connectivity index (χ3n) is 11.2. The summed E-state index contributed by atoms with van der Waals surface area (Å²) in [5.74, 6) is 2.27. The minimum absolute atomic E-state index is 0. The first-order chi connectivity index (χ1) is 23.2. The number of rotatable bonds is 4. The van der Waals surface area contributed by atoms with Gasteiger partial charge in [0.15, 0.2) is 5.88 Å². The molecule has 3 aliphatic rings. The van der Waals surface area contributed by atoms with Crippen molar-refractivity contribution in [2.24, 2.45) is 4.99 Å². The van der Waals surface area contributed by atoms with Crippen LogP contribution in [0.2, 0.25) is 0 Å². The van der Waals surface area contributed by atoms with Gasteiger partial charge in [0, 0.05) is 24.1 Å². The zero-order chi connectivity index (χ0) is 34.5. The number of aryl methyl sites for hydroxylation is 1. The molecular weight excluding hydrogens is 800 g/mol. The summed E-state index contributed by atoms with van der Waals surface area (Å²) in [6.07, 6.45) is 4.42. The molecule has 0 saturated carbocycles. The smallest absolute Gasteiger partial charge is 0.526 e. The summed E-state index contributed by atoms with van der Waals surface area (Å²) in [7, 11) is 0. The second-order valence-corrected chi connectivity index (χ2v) is 15.6. The van der Waals surface area contributed by atoms with Crippen LogP contribution in [-0.4, -0.2) is 21.5 Å². The minimum Gasteiger partial charge on any atom is -0.526 e. The van der Waals surface area contributed by atoms with Gasteiger partial charge in [-0.05, 0) is 96.3 Å². The molecule has 0 N–H and O–H groups in total. The van der Waals surface area contributed by atoms with E-state index in [9.17, 15) is 0 Å². The van der Waals surface area contributed by atoms with Crippen molar-refractivity contribution in [2.45, 2.75) is 90.7 Å². The Morgan fingerprint density at radius 1 is 0.840 bits per heavy atom. The van der Waals surface area contributed by atoms with E-state index in [0.29, 0.717) is 23.1 Å². The van der Waals surface area contributed by atoms with Gasteiger partial charge in [-0.15, -0.1) is 35.4 Å². The summed E-state index contributed by atoms with van der Waals surface area (Å²) in [4.78, 5) is 16.8. The molecule has 7 heteroatoms. The summed E-state index contributed by atoms with van der Waals surface area (Å²) in [6, 6.07) is 30.2. The molecule has 0 fully saturated rings. The number of aromatic nitrogens is 2. The average molecular weight is 842 g/mol. The number of ether oxygens (including phenoxy) is 2. The Labute approximate surface area is 310 Å². The Morgan fingerprint density at radius 2 is 1.58 bits per heavy atom. The van der Waals surface area contributed by atoms with Crippen LogP contribution in [-0.2, 0) is 48.6 Å². The van der Waals surface area contributed by atoms with Crippen molar-refractivity contribution in [3.05, 3.63) is 136 Å². The van der Waals surface area contributed by atoms with Crippen molar-refractivity contribution in [1.29, 1.82) is 0 Å². The van der Waals surface area contributed by atoms with Gasteiger partial charge in [0.1, 0.15) is 22.9 Å². The van der Waals surface area contributed by atoms with Crippen molar-refractivity contribution in [1.82, 2.24) is 9.97 Å². The van der Waals surface area contributed by atoms with Crippen LogP contribution in [0.25, 0.3) is 0 Å². The van der Waals surface area contributed by atoms with Crippen molar-refractivity contribution < 1.29 is 30.5 Å². The van der Waals surface area contributed by atoms with Gasteiger partial charge in [0.2, 0.25) is 0 Å². The molecule has 0 unspecified atom stereocenters. The van der Waals surface area contributed by atoms with Gasteiger partial charge >= 0.3 is 21.1 Å². The third kappa shape index (κ3) is 5.13. The van der Waals surface area contributed by atoms with Crippen LogP contribution in [0, 0.1) is 26.0 Å². The van der Waals surface area contributed by atoms with E-state index in [1.165, 1.54) is 33.4 Å². The van der Waals surface area contributed by atoms with E-state index in [0.717, 1.165) is 29.2 Å². The van der Waals surface area contributed by atoms with E-state index in [1.54, 1.807) is 6.20 Å². The van der Waals surface area contributed by atoms with Gasteiger partial charge in [-0.2, -0.15) is 6.07 Å².